The maximum Gasteiger partial charge on any atom is 0.0317 e. The normalized spacial score (nSPS) is 13.9. The van der Waals surface area contributed by atoms with Crippen LogP contribution in [-0.2, 0) is 5.41 Å². The Labute approximate surface area is 93.9 Å². The summed E-state index contributed by atoms with van der Waals surface area (Å²) in [5, 5.41) is 3.38. The van der Waals surface area contributed by atoms with Crippen LogP contribution in [0.3, 0.4) is 0 Å². The van der Waals surface area contributed by atoms with Gasteiger partial charge in [-0.3, -0.25) is 0 Å². The molecule has 1 aromatic rings. The van der Waals surface area contributed by atoms with E-state index in [0.717, 1.165) is 6.42 Å². The van der Waals surface area contributed by atoms with Gasteiger partial charge < -0.3 is 5.32 Å². The van der Waals surface area contributed by atoms with E-state index in [2.05, 4.69) is 57.3 Å². The molecule has 0 radical (unpaired) electrons. The molecule has 0 amide bonds. The van der Waals surface area contributed by atoms with Gasteiger partial charge in [0, 0.05) is 6.04 Å². The fraction of sp³-hybridized carbons (Fsp3) is 0.571. The Morgan fingerprint density at radius 1 is 1.20 bits per heavy atom. The van der Waals surface area contributed by atoms with Crippen molar-refractivity contribution < 1.29 is 0 Å². The molecule has 1 atom stereocenters. The third-order valence-corrected chi connectivity index (χ3v) is 2.90. The molecule has 0 aliphatic rings. The van der Waals surface area contributed by atoms with Gasteiger partial charge in [0.15, 0.2) is 0 Å². The molecule has 0 spiro atoms. The Morgan fingerprint density at radius 3 is 2.27 bits per heavy atom. The Kier molecular flexibility index (Phi) is 3.92. The monoisotopic (exact) mass is 205 g/mol. The van der Waals surface area contributed by atoms with E-state index in [9.17, 15) is 0 Å². The summed E-state index contributed by atoms with van der Waals surface area (Å²) in [6, 6.07) is 9.22. The summed E-state index contributed by atoms with van der Waals surface area (Å²) in [5.74, 6) is 0. The van der Waals surface area contributed by atoms with Crippen LogP contribution in [0.4, 0.5) is 0 Å². The van der Waals surface area contributed by atoms with Crippen LogP contribution in [0, 0.1) is 0 Å². The van der Waals surface area contributed by atoms with Crippen molar-refractivity contribution in [3.8, 4) is 0 Å². The summed E-state index contributed by atoms with van der Waals surface area (Å²) in [6.07, 6.45) is 1.13. The van der Waals surface area contributed by atoms with E-state index in [1.165, 1.54) is 11.1 Å². The van der Waals surface area contributed by atoms with Gasteiger partial charge in [0.1, 0.15) is 0 Å². The maximum atomic E-state index is 3.38. The van der Waals surface area contributed by atoms with E-state index in [4.69, 9.17) is 0 Å². The van der Waals surface area contributed by atoms with Crippen LogP contribution in [0.5, 0.6) is 0 Å². The van der Waals surface area contributed by atoms with Crippen molar-refractivity contribution in [2.24, 2.45) is 0 Å². The molecule has 1 heteroatoms. The van der Waals surface area contributed by atoms with Gasteiger partial charge in [-0.05, 0) is 30.0 Å². The molecular weight excluding hydrogens is 182 g/mol. The van der Waals surface area contributed by atoms with Crippen LogP contribution in [0.15, 0.2) is 24.3 Å². The molecule has 1 N–H and O–H groups in total. The molecule has 0 saturated carbocycles. The van der Waals surface area contributed by atoms with Crippen LogP contribution < -0.4 is 5.32 Å². The van der Waals surface area contributed by atoms with E-state index < -0.39 is 0 Å². The van der Waals surface area contributed by atoms with E-state index in [1.54, 1.807) is 0 Å². The van der Waals surface area contributed by atoms with Gasteiger partial charge in [-0.25, -0.2) is 0 Å². The zero-order chi connectivity index (χ0) is 11.5. The van der Waals surface area contributed by atoms with Gasteiger partial charge in [-0.15, -0.1) is 0 Å². The van der Waals surface area contributed by atoms with Crippen LogP contribution in [0.2, 0.25) is 0 Å². The second-order valence-corrected chi connectivity index (χ2v) is 5.09. The van der Waals surface area contributed by atoms with Crippen molar-refractivity contribution in [2.45, 2.75) is 45.6 Å². The van der Waals surface area contributed by atoms with Gasteiger partial charge in [0.2, 0.25) is 0 Å². The summed E-state index contributed by atoms with van der Waals surface area (Å²) < 4.78 is 0. The third kappa shape index (κ3) is 2.82. The predicted molar refractivity (Wildman–Crippen MR) is 67.2 cm³/mol. The highest BCUT2D eigenvalue weighted by Gasteiger charge is 2.20. The predicted octanol–water partition coefficient (Wildman–Crippen LogP) is 3.65. The minimum atomic E-state index is 0.223. The molecule has 0 aliphatic heterocycles. The van der Waals surface area contributed by atoms with Crippen molar-refractivity contribution in [1.29, 1.82) is 0 Å². The van der Waals surface area contributed by atoms with Crippen molar-refractivity contribution in [3.63, 3.8) is 0 Å². The quantitative estimate of drug-likeness (QED) is 0.794. The second kappa shape index (κ2) is 4.80. The van der Waals surface area contributed by atoms with Crippen LogP contribution >= 0.6 is 0 Å². The smallest absolute Gasteiger partial charge is 0.0317 e. The fourth-order valence-electron chi connectivity index (χ4n) is 2.06. The molecule has 0 fully saturated rings. The summed E-state index contributed by atoms with van der Waals surface area (Å²) in [5.41, 5.74) is 3.11. The van der Waals surface area contributed by atoms with Crippen LogP contribution in [-0.4, -0.2) is 7.05 Å². The molecule has 84 valence electrons. The molecule has 0 aliphatic carbocycles. The Balaban J connectivity index is 3.17. The SMILES string of the molecule is CCC(NC)c1ccccc1C(C)(C)C. The first-order chi connectivity index (χ1) is 7.00. The van der Waals surface area contributed by atoms with E-state index in [1.807, 2.05) is 7.05 Å². The highest BCUT2D eigenvalue weighted by Crippen LogP contribution is 2.30. The lowest BCUT2D eigenvalue weighted by atomic mass is 9.81. The van der Waals surface area contributed by atoms with Gasteiger partial charge in [-0.1, -0.05) is 52.0 Å². The zero-order valence-electron chi connectivity index (χ0n) is 10.6. The number of rotatable bonds is 3. The molecule has 1 unspecified atom stereocenters. The summed E-state index contributed by atoms with van der Waals surface area (Å²) in [4.78, 5) is 0. The fourth-order valence-corrected chi connectivity index (χ4v) is 2.06. The summed E-state index contributed by atoms with van der Waals surface area (Å²) in [6.45, 7) is 9.04. The number of nitrogens with one attached hydrogen (secondary N) is 1. The first-order valence-corrected chi connectivity index (χ1v) is 5.77. The lowest BCUT2D eigenvalue weighted by Crippen LogP contribution is -2.21. The number of hydrogen-bond acceptors (Lipinski definition) is 1. The second-order valence-electron chi connectivity index (χ2n) is 5.09. The topological polar surface area (TPSA) is 12.0 Å². The molecule has 0 bridgehead atoms. The molecule has 1 rings (SSSR count). The van der Waals surface area contributed by atoms with Crippen molar-refractivity contribution in [1.82, 2.24) is 5.32 Å². The van der Waals surface area contributed by atoms with E-state index in [-0.39, 0.29) is 5.41 Å². The highest BCUT2D eigenvalue weighted by atomic mass is 14.9. The molecule has 0 heterocycles. The van der Waals surface area contributed by atoms with Gasteiger partial charge in [0.25, 0.3) is 0 Å². The summed E-state index contributed by atoms with van der Waals surface area (Å²) in [7, 11) is 2.04. The van der Waals surface area contributed by atoms with E-state index in [0.29, 0.717) is 6.04 Å². The van der Waals surface area contributed by atoms with Crippen molar-refractivity contribution in [2.75, 3.05) is 7.05 Å². The van der Waals surface area contributed by atoms with Gasteiger partial charge in [0.05, 0.1) is 0 Å². The largest absolute Gasteiger partial charge is 0.313 e. The first kappa shape index (κ1) is 12.3. The molecule has 0 saturated heterocycles. The van der Waals surface area contributed by atoms with Crippen LogP contribution in [0.1, 0.15) is 51.3 Å². The first-order valence-electron chi connectivity index (χ1n) is 5.77. The number of benzene rings is 1. The minimum Gasteiger partial charge on any atom is -0.313 e. The van der Waals surface area contributed by atoms with Crippen molar-refractivity contribution >= 4 is 0 Å². The highest BCUT2D eigenvalue weighted by molar-refractivity contribution is 5.35. The van der Waals surface area contributed by atoms with Gasteiger partial charge in [-0.2, -0.15) is 0 Å². The third-order valence-electron chi connectivity index (χ3n) is 2.90. The van der Waals surface area contributed by atoms with Crippen LogP contribution in [0.25, 0.3) is 0 Å². The van der Waals surface area contributed by atoms with E-state index >= 15 is 0 Å². The lowest BCUT2D eigenvalue weighted by Gasteiger charge is -2.26. The standard InChI is InChI=1S/C14H23N/c1-6-13(15-5)11-9-7-8-10-12(11)14(2,3)4/h7-10,13,15H,6H2,1-5H3. The molecule has 15 heavy (non-hydrogen) atoms. The Hall–Kier alpha value is -0.820. The molecule has 1 nitrogen and oxygen atoms in total. The molecular formula is C14H23N. The lowest BCUT2D eigenvalue weighted by molar-refractivity contribution is 0.532. The molecule has 1 aromatic carbocycles. The summed E-state index contributed by atoms with van der Waals surface area (Å²) >= 11 is 0. The number of hydrogen-bond donors (Lipinski definition) is 1. The molecule has 0 aromatic heterocycles. The average molecular weight is 205 g/mol. The zero-order valence-corrected chi connectivity index (χ0v) is 10.6. The van der Waals surface area contributed by atoms with Gasteiger partial charge >= 0.3 is 0 Å². The Bertz CT molecular complexity index is 305. The van der Waals surface area contributed by atoms with Crippen molar-refractivity contribution in [3.05, 3.63) is 35.4 Å². The average Bonchev–Trinajstić information content (AvgIpc) is 2.19. The minimum absolute atomic E-state index is 0.223. The maximum absolute atomic E-state index is 3.38. The Morgan fingerprint density at radius 2 is 1.80 bits per heavy atom.